The molecule has 0 bridgehead atoms. The van der Waals surface area contributed by atoms with E-state index in [-0.39, 0.29) is 0 Å². The highest BCUT2D eigenvalue weighted by Gasteiger charge is 1.97. The molecule has 132 valence electrons. The van der Waals surface area contributed by atoms with E-state index in [1.54, 1.807) is 0 Å². The number of carboxylic acids is 1. The third kappa shape index (κ3) is 24.2. The van der Waals surface area contributed by atoms with Gasteiger partial charge in [0.15, 0.2) is 0 Å². The molecule has 0 aliphatic rings. The highest BCUT2D eigenvalue weighted by Crippen LogP contribution is 2.14. The lowest BCUT2D eigenvalue weighted by atomic mass is 10.0. The first kappa shape index (κ1) is 23.5. The minimum atomic E-state index is -0.654. The molecule has 0 fully saturated rings. The fraction of sp³-hybridized carbons (Fsp3) is 0.850. The zero-order valence-corrected chi connectivity index (χ0v) is 15.2. The van der Waals surface area contributed by atoms with Crippen LogP contribution in [0.4, 0.5) is 0 Å². The summed E-state index contributed by atoms with van der Waals surface area (Å²) in [5.41, 5.74) is 0. The highest BCUT2D eigenvalue weighted by molar-refractivity contribution is 5.66. The van der Waals surface area contributed by atoms with Crippen LogP contribution in [-0.4, -0.2) is 11.1 Å². The summed E-state index contributed by atoms with van der Waals surface area (Å²) < 4.78 is 0. The van der Waals surface area contributed by atoms with Gasteiger partial charge in [-0.2, -0.15) is 0 Å². The predicted molar refractivity (Wildman–Crippen MR) is 98.4 cm³/mol. The largest absolute Gasteiger partial charge is 0.481 e. The smallest absolute Gasteiger partial charge is 0.303 e. The number of rotatable bonds is 15. The lowest BCUT2D eigenvalue weighted by molar-refractivity contribution is -0.137. The van der Waals surface area contributed by atoms with Gasteiger partial charge in [0.1, 0.15) is 0 Å². The Balaban J connectivity index is 0. The first-order chi connectivity index (χ1) is 10.6. The average molecular weight is 313 g/mol. The van der Waals surface area contributed by atoms with Gasteiger partial charge in [-0.3, -0.25) is 4.79 Å². The first-order valence-electron chi connectivity index (χ1n) is 9.34. The van der Waals surface area contributed by atoms with Crippen LogP contribution < -0.4 is 0 Å². The van der Waals surface area contributed by atoms with Crippen LogP contribution in [0.2, 0.25) is 0 Å². The van der Waals surface area contributed by atoms with Crippen LogP contribution in [0.1, 0.15) is 104 Å². The topological polar surface area (TPSA) is 37.3 Å². The van der Waals surface area contributed by atoms with Crippen LogP contribution in [-0.2, 0) is 4.79 Å². The molecule has 0 aromatic heterocycles. The van der Waals surface area contributed by atoms with Crippen molar-refractivity contribution in [1.82, 2.24) is 0 Å². The Morgan fingerprint density at radius 2 is 1.05 bits per heavy atom. The number of aliphatic carboxylic acids is 1. The van der Waals surface area contributed by atoms with Crippen LogP contribution in [0.15, 0.2) is 13.2 Å². The Bertz CT molecular complexity index is 224. The SMILES string of the molecule is C=C.CC(C)CCCCCCCCCCCCCCC(=O)O. The van der Waals surface area contributed by atoms with E-state index in [9.17, 15) is 4.79 Å². The lowest BCUT2D eigenvalue weighted by Crippen LogP contribution is -1.93. The second kappa shape index (κ2) is 20.2. The van der Waals surface area contributed by atoms with Crippen molar-refractivity contribution in [1.29, 1.82) is 0 Å². The van der Waals surface area contributed by atoms with E-state index in [0.29, 0.717) is 6.42 Å². The zero-order valence-electron chi connectivity index (χ0n) is 15.2. The van der Waals surface area contributed by atoms with E-state index in [2.05, 4.69) is 27.0 Å². The van der Waals surface area contributed by atoms with Gasteiger partial charge in [0.05, 0.1) is 0 Å². The molecule has 0 rings (SSSR count). The maximum absolute atomic E-state index is 10.3. The number of carboxylic acid groups (broad SMARTS) is 1. The van der Waals surface area contributed by atoms with Crippen LogP contribution in [0.3, 0.4) is 0 Å². The molecule has 0 spiro atoms. The zero-order chi connectivity index (χ0) is 17.1. The molecule has 0 saturated heterocycles. The second-order valence-corrected chi connectivity index (χ2v) is 6.57. The number of hydrogen-bond acceptors (Lipinski definition) is 1. The van der Waals surface area contributed by atoms with E-state index in [1.165, 1.54) is 70.6 Å². The van der Waals surface area contributed by atoms with Crippen molar-refractivity contribution in [3.05, 3.63) is 13.2 Å². The van der Waals surface area contributed by atoms with Gasteiger partial charge >= 0.3 is 5.97 Å². The third-order valence-corrected chi connectivity index (χ3v) is 3.92. The van der Waals surface area contributed by atoms with Gasteiger partial charge in [-0.05, 0) is 12.3 Å². The summed E-state index contributed by atoms with van der Waals surface area (Å²) >= 11 is 0. The maximum Gasteiger partial charge on any atom is 0.303 e. The molecular weight excluding hydrogens is 272 g/mol. The summed E-state index contributed by atoms with van der Waals surface area (Å²) in [5.74, 6) is 0.212. The maximum atomic E-state index is 10.3. The summed E-state index contributed by atoms with van der Waals surface area (Å²) in [4.78, 5) is 10.3. The predicted octanol–water partition coefficient (Wildman–Crippen LogP) is 6.99. The van der Waals surface area contributed by atoms with Crippen molar-refractivity contribution in [2.75, 3.05) is 0 Å². The van der Waals surface area contributed by atoms with E-state index >= 15 is 0 Å². The molecule has 0 heterocycles. The van der Waals surface area contributed by atoms with Gasteiger partial charge in [-0.25, -0.2) is 0 Å². The van der Waals surface area contributed by atoms with Crippen LogP contribution in [0, 0.1) is 5.92 Å². The molecule has 2 nitrogen and oxygen atoms in total. The highest BCUT2D eigenvalue weighted by atomic mass is 16.4. The molecule has 1 N–H and O–H groups in total. The Morgan fingerprint density at radius 3 is 1.36 bits per heavy atom. The standard InChI is InChI=1S/C18H36O2.C2H4/c1-17(2)15-13-11-9-7-5-3-4-6-8-10-12-14-16-18(19)20;1-2/h17H,3-16H2,1-2H3,(H,19,20);1-2H2. The Morgan fingerprint density at radius 1 is 0.727 bits per heavy atom. The lowest BCUT2D eigenvalue weighted by Gasteiger charge is -2.04. The Labute approximate surface area is 139 Å². The molecule has 0 unspecified atom stereocenters. The number of unbranched alkanes of at least 4 members (excludes halogenated alkanes) is 11. The molecule has 2 heteroatoms. The van der Waals surface area contributed by atoms with Gasteiger partial charge in [0, 0.05) is 6.42 Å². The van der Waals surface area contributed by atoms with E-state index < -0.39 is 5.97 Å². The van der Waals surface area contributed by atoms with E-state index in [0.717, 1.165) is 18.8 Å². The minimum absolute atomic E-state index is 0.344. The molecule has 0 aromatic carbocycles. The number of carbonyl (C=O) groups is 1. The normalized spacial score (nSPS) is 10.3. The average Bonchev–Trinajstić information content (AvgIpc) is 2.49. The molecule has 0 atom stereocenters. The third-order valence-electron chi connectivity index (χ3n) is 3.92. The van der Waals surface area contributed by atoms with Crippen molar-refractivity contribution in [3.8, 4) is 0 Å². The first-order valence-corrected chi connectivity index (χ1v) is 9.34. The molecule has 0 aliphatic heterocycles. The summed E-state index contributed by atoms with van der Waals surface area (Å²) in [6, 6.07) is 0. The Hall–Kier alpha value is -0.790. The van der Waals surface area contributed by atoms with Crippen LogP contribution in [0.25, 0.3) is 0 Å². The molecule has 22 heavy (non-hydrogen) atoms. The van der Waals surface area contributed by atoms with Crippen molar-refractivity contribution in [3.63, 3.8) is 0 Å². The fourth-order valence-electron chi connectivity index (χ4n) is 2.60. The molecule has 0 aliphatic carbocycles. The van der Waals surface area contributed by atoms with Crippen molar-refractivity contribution in [2.45, 2.75) is 104 Å². The summed E-state index contributed by atoms with van der Waals surface area (Å²) in [5, 5.41) is 8.52. The van der Waals surface area contributed by atoms with Crippen molar-refractivity contribution >= 4 is 5.97 Å². The second-order valence-electron chi connectivity index (χ2n) is 6.57. The fourth-order valence-corrected chi connectivity index (χ4v) is 2.60. The monoisotopic (exact) mass is 312 g/mol. The summed E-state index contributed by atoms with van der Waals surface area (Å²) in [6.45, 7) is 10.6. The molecule has 0 amide bonds. The minimum Gasteiger partial charge on any atom is -0.481 e. The van der Waals surface area contributed by atoms with Gasteiger partial charge in [0.25, 0.3) is 0 Å². The van der Waals surface area contributed by atoms with Crippen molar-refractivity contribution < 1.29 is 9.90 Å². The van der Waals surface area contributed by atoms with Gasteiger partial charge < -0.3 is 5.11 Å². The van der Waals surface area contributed by atoms with Crippen molar-refractivity contribution in [2.24, 2.45) is 5.92 Å². The van der Waals surface area contributed by atoms with Crippen LogP contribution >= 0.6 is 0 Å². The number of hydrogen-bond donors (Lipinski definition) is 1. The quantitative estimate of drug-likeness (QED) is 0.261. The van der Waals surface area contributed by atoms with Gasteiger partial charge in [-0.1, -0.05) is 90.9 Å². The summed E-state index contributed by atoms with van der Waals surface area (Å²) in [6.07, 6.45) is 17.3. The van der Waals surface area contributed by atoms with Crippen LogP contribution in [0.5, 0.6) is 0 Å². The molecule has 0 saturated carbocycles. The molecule has 0 aromatic rings. The van der Waals surface area contributed by atoms with E-state index in [4.69, 9.17) is 5.11 Å². The Kier molecular flexibility index (Phi) is 21.6. The molecular formula is C20H40O2. The molecule has 0 radical (unpaired) electrons. The summed E-state index contributed by atoms with van der Waals surface area (Å²) in [7, 11) is 0. The van der Waals surface area contributed by atoms with Gasteiger partial charge in [0.2, 0.25) is 0 Å². The van der Waals surface area contributed by atoms with Gasteiger partial charge in [-0.15, -0.1) is 13.2 Å². The van der Waals surface area contributed by atoms with E-state index in [1.807, 2.05) is 0 Å².